The fourth-order valence-electron chi connectivity index (χ4n) is 1.29. The molecule has 3 heteroatoms. The number of ether oxygens (including phenoxy) is 1. The van der Waals surface area contributed by atoms with Crippen molar-refractivity contribution >= 4 is 22.2 Å². The van der Waals surface area contributed by atoms with Gasteiger partial charge in [0.05, 0.1) is 12.2 Å². The average Bonchev–Trinajstić information content (AvgIpc) is 2.14. The molecule has 0 aliphatic heterocycles. The third-order valence-electron chi connectivity index (χ3n) is 1.96. The Bertz CT molecular complexity index is 359. The van der Waals surface area contributed by atoms with Crippen LogP contribution >= 0.6 is 15.9 Å². The normalized spacial score (nSPS) is 10.5. The Morgan fingerprint density at radius 2 is 2.13 bits per heavy atom. The highest BCUT2D eigenvalue weighted by Gasteiger charge is 2.08. The van der Waals surface area contributed by atoms with E-state index in [-0.39, 0.29) is 0 Å². The molecule has 15 heavy (non-hydrogen) atoms. The summed E-state index contributed by atoms with van der Waals surface area (Å²) in [5.74, 6) is 1.15. The van der Waals surface area contributed by atoms with E-state index in [1.807, 2.05) is 13.0 Å². The second-order valence-electron chi connectivity index (χ2n) is 3.96. The molecule has 0 atom stereocenters. The molecule has 1 aromatic rings. The van der Waals surface area contributed by atoms with E-state index in [0.717, 1.165) is 16.3 Å². The van der Waals surface area contributed by atoms with Crippen molar-refractivity contribution < 1.29 is 9.53 Å². The minimum absolute atomic E-state index is 0.451. The van der Waals surface area contributed by atoms with Gasteiger partial charge >= 0.3 is 0 Å². The van der Waals surface area contributed by atoms with Gasteiger partial charge in [-0.05, 0) is 30.5 Å². The van der Waals surface area contributed by atoms with Crippen molar-refractivity contribution in [3.63, 3.8) is 0 Å². The third-order valence-corrected chi connectivity index (χ3v) is 2.41. The van der Waals surface area contributed by atoms with Gasteiger partial charge in [-0.15, -0.1) is 0 Å². The highest BCUT2D eigenvalue weighted by molar-refractivity contribution is 9.10. The predicted octanol–water partition coefficient (Wildman–Crippen LogP) is 3.60. The third kappa shape index (κ3) is 3.34. The van der Waals surface area contributed by atoms with E-state index < -0.39 is 0 Å². The molecule has 0 aliphatic carbocycles. The molecule has 0 radical (unpaired) electrons. The van der Waals surface area contributed by atoms with E-state index in [2.05, 4.69) is 29.8 Å². The maximum Gasteiger partial charge on any atom is 0.153 e. The van der Waals surface area contributed by atoms with Gasteiger partial charge < -0.3 is 4.74 Å². The van der Waals surface area contributed by atoms with Crippen LogP contribution in [0.5, 0.6) is 5.75 Å². The summed E-state index contributed by atoms with van der Waals surface area (Å²) in [4.78, 5) is 10.9. The Balaban J connectivity index is 2.99. The molecule has 0 N–H and O–H groups in total. The second kappa shape index (κ2) is 5.31. The SMILES string of the molecule is Cc1cc(Br)cc(C=O)c1OCC(C)C. The molecular weight excluding hydrogens is 256 g/mol. The Hall–Kier alpha value is -0.830. The van der Waals surface area contributed by atoms with E-state index >= 15 is 0 Å². The molecule has 82 valence electrons. The summed E-state index contributed by atoms with van der Waals surface area (Å²) in [5, 5.41) is 0. The van der Waals surface area contributed by atoms with Gasteiger partial charge in [0.25, 0.3) is 0 Å². The molecular formula is C12H15BrO2. The standard InChI is InChI=1S/C12H15BrO2/c1-8(2)7-15-12-9(3)4-11(13)5-10(12)6-14/h4-6,8H,7H2,1-3H3. The van der Waals surface area contributed by atoms with Crippen molar-refractivity contribution in [2.45, 2.75) is 20.8 Å². The van der Waals surface area contributed by atoms with Gasteiger partial charge in [0.1, 0.15) is 5.75 Å². The van der Waals surface area contributed by atoms with Crippen LogP contribution in [-0.4, -0.2) is 12.9 Å². The van der Waals surface area contributed by atoms with Crippen molar-refractivity contribution in [1.29, 1.82) is 0 Å². The molecule has 0 aliphatic rings. The van der Waals surface area contributed by atoms with E-state index in [0.29, 0.717) is 23.8 Å². The molecule has 2 nitrogen and oxygen atoms in total. The van der Waals surface area contributed by atoms with Crippen LogP contribution in [0.25, 0.3) is 0 Å². The fourth-order valence-corrected chi connectivity index (χ4v) is 1.88. The largest absolute Gasteiger partial charge is 0.492 e. The topological polar surface area (TPSA) is 26.3 Å². The van der Waals surface area contributed by atoms with Crippen LogP contribution < -0.4 is 4.74 Å². The van der Waals surface area contributed by atoms with Crippen molar-refractivity contribution in [3.8, 4) is 5.75 Å². The number of hydrogen-bond donors (Lipinski definition) is 0. The van der Waals surface area contributed by atoms with Crippen LogP contribution in [-0.2, 0) is 0 Å². The molecule has 0 bridgehead atoms. The van der Waals surface area contributed by atoms with E-state index in [9.17, 15) is 4.79 Å². The van der Waals surface area contributed by atoms with Gasteiger partial charge in [-0.2, -0.15) is 0 Å². The van der Waals surface area contributed by atoms with Crippen LogP contribution in [0, 0.1) is 12.8 Å². The maximum absolute atomic E-state index is 10.9. The lowest BCUT2D eigenvalue weighted by Crippen LogP contribution is -2.07. The molecule has 1 aromatic carbocycles. The van der Waals surface area contributed by atoms with Crippen LogP contribution in [0.3, 0.4) is 0 Å². The van der Waals surface area contributed by atoms with E-state index in [4.69, 9.17) is 4.74 Å². The van der Waals surface area contributed by atoms with E-state index in [1.54, 1.807) is 6.07 Å². The van der Waals surface area contributed by atoms with E-state index in [1.165, 1.54) is 0 Å². The van der Waals surface area contributed by atoms with Crippen LogP contribution in [0.1, 0.15) is 29.8 Å². The molecule has 0 heterocycles. The molecule has 0 fully saturated rings. The molecule has 0 aromatic heterocycles. The zero-order chi connectivity index (χ0) is 11.4. The number of halogens is 1. The lowest BCUT2D eigenvalue weighted by Gasteiger charge is -2.13. The van der Waals surface area contributed by atoms with Gasteiger partial charge in [0, 0.05) is 4.47 Å². The first-order valence-corrected chi connectivity index (χ1v) is 5.72. The molecule has 0 amide bonds. The Kier molecular flexibility index (Phi) is 4.33. The Morgan fingerprint density at radius 3 is 2.67 bits per heavy atom. The van der Waals surface area contributed by atoms with Crippen molar-refractivity contribution in [2.24, 2.45) is 5.92 Å². The van der Waals surface area contributed by atoms with Crippen molar-refractivity contribution in [3.05, 3.63) is 27.7 Å². The van der Waals surface area contributed by atoms with Crippen molar-refractivity contribution in [1.82, 2.24) is 0 Å². The van der Waals surface area contributed by atoms with Crippen LogP contribution in [0.4, 0.5) is 0 Å². The monoisotopic (exact) mass is 270 g/mol. The first-order valence-electron chi connectivity index (χ1n) is 4.92. The molecule has 1 rings (SSSR count). The highest BCUT2D eigenvalue weighted by Crippen LogP contribution is 2.27. The molecule has 0 saturated carbocycles. The van der Waals surface area contributed by atoms with Gasteiger partial charge in [-0.1, -0.05) is 29.8 Å². The maximum atomic E-state index is 10.9. The zero-order valence-corrected chi connectivity index (χ0v) is 10.8. The number of rotatable bonds is 4. The number of carbonyl (C=O) groups is 1. The lowest BCUT2D eigenvalue weighted by atomic mass is 10.1. The average molecular weight is 271 g/mol. The first kappa shape index (κ1) is 12.2. The number of hydrogen-bond acceptors (Lipinski definition) is 2. The summed E-state index contributed by atoms with van der Waals surface area (Å²) < 4.78 is 6.52. The predicted molar refractivity (Wildman–Crippen MR) is 64.6 cm³/mol. The summed E-state index contributed by atoms with van der Waals surface area (Å²) in [6, 6.07) is 3.72. The summed E-state index contributed by atoms with van der Waals surface area (Å²) in [5.41, 5.74) is 1.58. The summed E-state index contributed by atoms with van der Waals surface area (Å²) >= 11 is 3.35. The van der Waals surface area contributed by atoms with Gasteiger partial charge in [0.2, 0.25) is 0 Å². The minimum atomic E-state index is 0.451. The van der Waals surface area contributed by atoms with Crippen LogP contribution in [0.2, 0.25) is 0 Å². The van der Waals surface area contributed by atoms with Gasteiger partial charge in [0.15, 0.2) is 6.29 Å². The molecule has 0 unspecified atom stereocenters. The summed E-state index contributed by atoms with van der Waals surface area (Å²) in [6.45, 7) is 6.72. The highest BCUT2D eigenvalue weighted by atomic mass is 79.9. The number of aryl methyl sites for hydroxylation is 1. The number of carbonyl (C=O) groups excluding carboxylic acids is 1. The summed E-state index contributed by atoms with van der Waals surface area (Å²) in [6.07, 6.45) is 0.827. The lowest BCUT2D eigenvalue weighted by molar-refractivity contribution is 0.111. The Morgan fingerprint density at radius 1 is 1.47 bits per heavy atom. The summed E-state index contributed by atoms with van der Waals surface area (Å²) in [7, 11) is 0. The van der Waals surface area contributed by atoms with Crippen molar-refractivity contribution in [2.75, 3.05) is 6.61 Å². The minimum Gasteiger partial charge on any atom is -0.492 e. The zero-order valence-electron chi connectivity index (χ0n) is 9.21. The van der Waals surface area contributed by atoms with Crippen LogP contribution in [0.15, 0.2) is 16.6 Å². The van der Waals surface area contributed by atoms with Gasteiger partial charge in [-0.3, -0.25) is 4.79 Å². The Labute approximate surface area is 98.8 Å². The molecule has 0 saturated heterocycles. The fraction of sp³-hybridized carbons (Fsp3) is 0.417. The molecule has 0 spiro atoms. The number of aldehydes is 1. The number of benzene rings is 1. The second-order valence-corrected chi connectivity index (χ2v) is 4.88. The first-order chi connectivity index (χ1) is 7.04. The quantitative estimate of drug-likeness (QED) is 0.782. The smallest absolute Gasteiger partial charge is 0.153 e. The van der Waals surface area contributed by atoms with Gasteiger partial charge in [-0.25, -0.2) is 0 Å².